The second-order valence-electron chi connectivity index (χ2n) is 3.81. The maximum Gasteiger partial charge on any atom is 0.193 e. The predicted octanol–water partition coefficient (Wildman–Crippen LogP) is 3.34. The van der Waals surface area contributed by atoms with Gasteiger partial charge in [-0.15, -0.1) is 0 Å². The molecule has 0 atom stereocenters. The van der Waals surface area contributed by atoms with Gasteiger partial charge in [0.2, 0.25) is 0 Å². The zero-order valence-corrected chi connectivity index (χ0v) is 9.91. The molecular weight excluding hydrogens is 257 g/mol. The van der Waals surface area contributed by atoms with Crippen molar-refractivity contribution in [2.45, 2.75) is 0 Å². The quantitative estimate of drug-likeness (QED) is 0.796. The maximum atomic E-state index is 13.2. The minimum atomic E-state index is -1.11. The van der Waals surface area contributed by atoms with Crippen LogP contribution in [0, 0.1) is 17.5 Å². The van der Waals surface area contributed by atoms with Gasteiger partial charge >= 0.3 is 0 Å². The standard InChI is InChI=1S/C14H9F3O2/c1-19-13-7-9(3-5-11(13)16)14(18)8-2-4-10(15)12(17)6-8/h2-7H,1H3. The first-order valence-corrected chi connectivity index (χ1v) is 5.36. The Kier molecular flexibility index (Phi) is 3.55. The highest BCUT2D eigenvalue weighted by Crippen LogP contribution is 2.21. The van der Waals surface area contributed by atoms with Crippen LogP contribution in [-0.2, 0) is 0 Å². The Morgan fingerprint density at radius 2 is 1.47 bits per heavy atom. The Morgan fingerprint density at radius 3 is 2.05 bits per heavy atom. The van der Waals surface area contributed by atoms with Gasteiger partial charge in [0.1, 0.15) is 0 Å². The van der Waals surface area contributed by atoms with Crippen molar-refractivity contribution in [3.8, 4) is 5.75 Å². The van der Waals surface area contributed by atoms with Crippen LogP contribution < -0.4 is 4.74 Å². The molecule has 19 heavy (non-hydrogen) atoms. The van der Waals surface area contributed by atoms with Crippen molar-refractivity contribution in [3.05, 3.63) is 65.0 Å². The lowest BCUT2D eigenvalue weighted by Crippen LogP contribution is -2.03. The number of ketones is 1. The summed E-state index contributed by atoms with van der Waals surface area (Å²) >= 11 is 0. The van der Waals surface area contributed by atoms with Gasteiger partial charge in [-0.1, -0.05) is 0 Å². The van der Waals surface area contributed by atoms with Crippen LogP contribution in [0.2, 0.25) is 0 Å². The first-order valence-electron chi connectivity index (χ1n) is 5.36. The second-order valence-corrected chi connectivity index (χ2v) is 3.81. The van der Waals surface area contributed by atoms with Crippen molar-refractivity contribution in [3.63, 3.8) is 0 Å². The predicted molar refractivity (Wildman–Crippen MR) is 62.7 cm³/mol. The maximum absolute atomic E-state index is 13.2. The summed E-state index contributed by atoms with van der Waals surface area (Å²) < 4.78 is 43.8. The van der Waals surface area contributed by atoms with Crippen LogP contribution in [0.15, 0.2) is 36.4 Å². The second kappa shape index (κ2) is 5.14. The molecule has 0 spiro atoms. The summed E-state index contributed by atoms with van der Waals surface area (Å²) in [6.07, 6.45) is 0. The number of carbonyl (C=O) groups is 1. The number of ether oxygens (including phenoxy) is 1. The van der Waals surface area contributed by atoms with Crippen molar-refractivity contribution in [2.75, 3.05) is 7.11 Å². The third-order valence-corrected chi connectivity index (χ3v) is 2.60. The molecule has 2 nitrogen and oxygen atoms in total. The smallest absolute Gasteiger partial charge is 0.193 e. The van der Waals surface area contributed by atoms with Crippen molar-refractivity contribution in [2.24, 2.45) is 0 Å². The Labute approximate surface area is 107 Å². The van der Waals surface area contributed by atoms with Gasteiger partial charge in [0.25, 0.3) is 0 Å². The highest BCUT2D eigenvalue weighted by atomic mass is 19.2. The summed E-state index contributed by atoms with van der Waals surface area (Å²) in [6, 6.07) is 6.36. The SMILES string of the molecule is COc1cc(C(=O)c2ccc(F)c(F)c2)ccc1F. The minimum absolute atomic E-state index is 0.0208. The van der Waals surface area contributed by atoms with Gasteiger partial charge in [0.05, 0.1) is 7.11 Å². The number of hydrogen-bond donors (Lipinski definition) is 0. The van der Waals surface area contributed by atoms with Gasteiger partial charge in [0.15, 0.2) is 29.0 Å². The van der Waals surface area contributed by atoms with Crippen LogP contribution in [0.5, 0.6) is 5.75 Å². The van der Waals surface area contributed by atoms with Crippen LogP contribution in [0.1, 0.15) is 15.9 Å². The molecule has 2 aromatic rings. The molecule has 98 valence electrons. The highest BCUT2D eigenvalue weighted by molar-refractivity contribution is 6.09. The van der Waals surface area contributed by atoms with E-state index < -0.39 is 23.2 Å². The molecule has 0 N–H and O–H groups in total. The lowest BCUT2D eigenvalue weighted by Gasteiger charge is -2.05. The Bertz CT molecular complexity index is 639. The van der Waals surface area contributed by atoms with E-state index in [1.807, 2.05) is 0 Å². The number of carbonyl (C=O) groups excluding carboxylic acids is 1. The molecule has 0 aliphatic heterocycles. The fourth-order valence-corrected chi connectivity index (χ4v) is 1.61. The third kappa shape index (κ3) is 2.59. The molecule has 2 aromatic carbocycles. The van der Waals surface area contributed by atoms with Crippen LogP contribution in [0.25, 0.3) is 0 Å². The number of rotatable bonds is 3. The van der Waals surface area contributed by atoms with Gasteiger partial charge in [-0.2, -0.15) is 0 Å². The largest absolute Gasteiger partial charge is 0.494 e. The zero-order valence-electron chi connectivity index (χ0n) is 9.91. The molecular formula is C14H9F3O2. The lowest BCUT2D eigenvalue weighted by atomic mass is 10.0. The summed E-state index contributed by atoms with van der Waals surface area (Å²) in [5.41, 5.74) is 0.108. The molecule has 0 aliphatic rings. The third-order valence-electron chi connectivity index (χ3n) is 2.60. The van der Waals surface area contributed by atoms with Crippen LogP contribution in [-0.4, -0.2) is 12.9 Å². The molecule has 0 aliphatic carbocycles. The average molecular weight is 266 g/mol. The first-order chi connectivity index (χ1) is 9.02. The first kappa shape index (κ1) is 13.1. The summed E-state index contributed by atoms with van der Waals surface area (Å²) in [5.74, 6) is -3.39. The number of methoxy groups -OCH3 is 1. The molecule has 0 unspecified atom stereocenters. The fourth-order valence-electron chi connectivity index (χ4n) is 1.61. The van der Waals surface area contributed by atoms with E-state index in [4.69, 9.17) is 4.74 Å². The average Bonchev–Trinajstić information content (AvgIpc) is 2.41. The van der Waals surface area contributed by atoms with Gasteiger partial charge in [-0.3, -0.25) is 4.79 Å². The van der Waals surface area contributed by atoms with Gasteiger partial charge in [0, 0.05) is 11.1 Å². The molecule has 2 rings (SSSR count). The molecule has 5 heteroatoms. The van der Waals surface area contributed by atoms with Gasteiger partial charge in [-0.05, 0) is 36.4 Å². The molecule has 0 aromatic heterocycles. The molecule has 0 amide bonds. The summed E-state index contributed by atoms with van der Waals surface area (Å²) in [5, 5.41) is 0. The summed E-state index contributed by atoms with van der Waals surface area (Å²) in [6.45, 7) is 0. The molecule has 0 heterocycles. The molecule has 0 saturated carbocycles. The Balaban J connectivity index is 2.41. The van der Waals surface area contributed by atoms with Crippen LogP contribution in [0.4, 0.5) is 13.2 Å². The van der Waals surface area contributed by atoms with E-state index >= 15 is 0 Å². The summed E-state index contributed by atoms with van der Waals surface area (Å²) in [4.78, 5) is 12.0. The normalized spacial score (nSPS) is 10.3. The monoisotopic (exact) mass is 266 g/mol. The Hall–Kier alpha value is -2.30. The van der Waals surface area contributed by atoms with Crippen LogP contribution in [0.3, 0.4) is 0 Å². The molecule has 0 bridgehead atoms. The highest BCUT2D eigenvalue weighted by Gasteiger charge is 2.14. The molecule has 0 saturated heterocycles. The van der Waals surface area contributed by atoms with E-state index in [-0.39, 0.29) is 16.9 Å². The number of benzene rings is 2. The number of hydrogen-bond acceptors (Lipinski definition) is 2. The van der Waals surface area contributed by atoms with E-state index in [1.165, 1.54) is 19.2 Å². The van der Waals surface area contributed by atoms with Gasteiger partial charge < -0.3 is 4.74 Å². The molecule has 0 fully saturated rings. The summed E-state index contributed by atoms with van der Waals surface area (Å²) in [7, 11) is 1.27. The van der Waals surface area contributed by atoms with E-state index in [0.717, 1.165) is 24.3 Å². The zero-order chi connectivity index (χ0) is 14.0. The molecule has 0 radical (unpaired) electrons. The number of halogens is 3. The van der Waals surface area contributed by atoms with E-state index in [0.29, 0.717) is 0 Å². The van der Waals surface area contributed by atoms with Crippen molar-refractivity contribution >= 4 is 5.78 Å². The van der Waals surface area contributed by atoms with Crippen molar-refractivity contribution < 1.29 is 22.7 Å². The fraction of sp³-hybridized carbons (Fsp3) is 0.0714. The lowest BCUT2D eigenvalue weighted by molar-refractivity contribution is 0.103. The van der Waals surface area contributed by atoms with Crippen LogP contribution >= 0.6 is 0 Å². The topological polar surface area (TPSA) is 26.3 Å². The van der Waals surface area contributed by atoms with Crippen molar-refractivity contribution in [1.29, 1.82) is 0 Å². The van der Waals surface area contributed by atoms with E-state index in [1.54, 1.807) is 0 Å². The van der Waals surface area contributed by atoms with Gasteiger partial charge in [-0.25, -0.2) is 13.2 Å². The van der Waals surface area contributed by atoms with Crippen molar-refractivity contribution in [1.82, 2.24) is 0 Å². The van der Waals surface area contributed by atoms with E-state index in [9.17, 15) is 18.0 Å². The van der Waals surface area contributed by atoms with E-state index in [2.05, 4.69) is 0 Å². The minimum Gasteiger partial charge on any atom is -0.494 e. The Morgan fingerprint density at radius 1 is 0.895 bits per heavy atom.